The Balaban J connectivity index is 2.18. The Labute approximate surface area is 117 Å². The van der Waals surface area contributed by atoms with E-state index >= 15 is 0 Å². The van der Waals surface area contributed by atoms with Crippen LogP contribution in [0.15, 0.2) is 30.5 Å². The van der Waals surface area contributed by atoms with E-state index in [1.54, 1.807) is 37.4 Å². The van der Waals surface area contributed by atoms with Crippen molar-refractivity contribution in [1.82, 2.24) is 4.98 Å². The van der Waals surface area contributed by atoms with Gasteiger partial charge < -0.3 is 15.5 Å². The van der Waals surface area contributed by atoms with E-state index in [2.05, 4.69) is 16.4 Å². The van der Waals surface area contributed by atoms with Crippen molar-refractivity contribution in [2.45, 2.75) is 20.1 Å². The molecule has 1 heterocycles. The lowest BCUT2D eigenvalue weighted by molar-refractivity contribution is 0.279. The number of aliphatic hydroxyl groups is 1. The summed E-state index contributed by atoms with van der Waals surface area (Å²) in [7, 11) is 0. The number of nitrogens with one attached hydrogen (secondary N) is 1. The monoisotopic (exact) mass is 269 g/mol. The molecule has 102 valence electrons. The molecule has 1 aromatic carbocycles. The number of nitrogens with zero attached hydrogens (tertiary/aromatic N) is 2. The van der Waals surface area contributed by atoms with Crippen molar-refractivity contribution in [2.75, 3.05) is 5.32 Å². The first-order valence-corrected chi connectivity index (χ1v) is 6.17. The normalized spacial score (nSPS) is 10.1. The minimum Gasteiger partial charge on any atom is -0.506 e. The van der Waals surface area contributed by atoms with Crippen LogP contribution >= 0.6 is 0 Å². The number of rotatable bonds is 4. The summed E-state index contributed by atoms with van der Waals surface area (Å²) >= 11 is 0. The molecule has 20 heavy (non-hydrogen) atoms. The van der Waals surface area contributed by atoms with Gasteiger partial charge in [-0.3, -0.25) is 4.98 Å². The van der Waals surface area contributed by atoms with Gasteiger partial charge in [0.25, 0.3) is 0 Å². The molecule has 5 heteroatoms. The van der Waals surface area contributed by atoms with Gasteiger partial charge in [0.2, 0.25) is 0 Å². The van der Waals surface area contributed by atoms with Gasteiger partial charge in [-0.2, -0.15) is 5.26 Å². The van der Waals surface area contributed by atoms with Gasteiger partial charge in [-0.25, -0.2) is 0 Å². The van der Waals surface area contributed by atoms with Crippen molar-refractivity contribution in [1.29, 1.82) is 5.26 Å². The quantitative estimate of drug-likeness (QED) is 0.790. The third-order valence-electron chi connectivity index (χ3n) is 3.08. The highest BCUT2D eigenvalue weighted by Crippen LogP contribution is 2.24. The molecule has 2 rings (SSSR count). The van der Waals surface area contributed by atoms with Gasteiger partial charge in [0.05, 0.1) is 23.9 Å². The molecule has 0 fully saturated rings. The molecule has 0 aliphatic heterocycles. The molecule has 5 nitrogen and oxygen atoms in total. The molecule has 0 radical (unpaired) electrons. The van der Waals surface area contributed by atoms with Gasteiger partial charge in [-0.05, 0) is 31.2 Å². The summed E-state index contributed by atoms with van der Waals surface area (Å²) in [6.07, 6.45) is 1.56. The van der Waals surface area contributed by atoms with E-state index in [4.69, 9.17) is 5.26 Å². The van der Waals surface area contributed by atoms with Crippen molar-refractivity contribution in [2.24, 2.45) is 0 Å². The lowest BCUT2D eigenvalue weighted by Gasteiger charge is -2.13. The molecule has 0 aliphatic carbocycles. The van der Waals surface area contributed by atoms with Crippen LogP contribution in [-0.4, -0.2) is 15.2 Å². The molecule has 0 unspecified atom stereocenters. The first kappa shape index (κ1) is 13.8. The van der Waals surface area contributed by atoms with E-state index < -0.39 is 0 Å². The lowest BCUT2D eigenvalue weighted by atomic mass is 10.1. The van der Waals surface area contributed by atoms with Crippen molar-refractivity contribution >= 4 is 5.69 Å². The Bertz CT molecular complexity index is 645. The Morgan fingerprint density at radius 2 is 2.00 bits per heavy atom. The molecule has 3 N–H and O–H groups in total. The van der Waals surface area contributed by atoms with Crippen LogP contribution in [0.1, 0.15) is 22.4 Å². The predicted molar refractivity (Wildman–Crippen MR) is 75.0 cm³/mol. The zero-order chi connectivity index (χ0) is 14.5. The van der Waals surface area contributed by atoms with Crippen molar-refractivity contribution in [3.05, 3.63) is 52.8 Å². The fourth-order valence-electron chi connectivity index (χ4n) is 1.87. The third-order valence-corrected chi connectivity index (χ3v) is 3.08. The molecule has 0 bridgehead atoms. The predicted octanol–water partition coefficient (Wildman–Crippen LogP) is 2.07. The van der Waals surface area contributed by atoms with Crippen molar-refractivity contribution in [3.8, 4) is 11.8 Å². The van der Waals surface area contributed by atoms with Gasteiger partial charge in [-0.15, -0.1) is 0 Å². The highest BCUT2D eigenvalue weighted by Gasteiger charge is 2.11. The second-order valence-electron chi connectivity index (χ2n) is 4.40. The number of hydrogen-bond donors (Lipinski definition) is 3. The number of aryl methyl sites for hydroxylation is 1. The van der Waals surface area contributed by atoms with Crippen molar-refractivity contribution < 1.29 is 10.2 Å². The highest BCUT2D eigenvalue weighted by molar-refractivity contribution is 5.49. The molecular formula is C15H15N3O2. The fraction of sp³-hybridized carbons (Fsp3) is 0.200. The fourth-order valence-corrected chi connectivity index (χ4v) is 1.87. The maximum atomic E-state index is 10.0. The number of anilines is 1. The number of aromatic nitrogens is 1. The van der Waals surface area contributed by atoms with Crippen LogP contribution in [0.3, 0.4) is 0 Å². The summed E-state index contributed by atoms with van der Waals surface area (Å²) in [5.74, 6) is 0.0951. The van der Waals surface area contributed by atoms with Gasteiger partial charge >= 0.3 is 0 Å². The second kappa shape index (κ2) is 6.04. The lowest BCUT2D eigenvalue weighted by Crippen LogP contribution is -2.05. The van der Waals surface area contributed by atoms with Gasteiger partial charge in [-0.1, -0.05) is 0 Å². The summed E-state index contributed by atoms with van der Waals surface area (Å²) in [5.41, 5.74) is 3.17. The Morgan fingerprint density at radius 1 is 1.30 bits per heavy atom. The van der Waals surface area contributed by atoms with Gasteiger partial charge in [0.15, 0.2) is 0 Å². The maximum absolute atomic E-state index is 10.0. The van der Waals surface area contributed by atoms with Crippen LogP contribution in [0.4, 0.5) is 5.69 Å². The molecular weight excluding hydrogens is 254 g/mol. The minimum atomic E-state index is -0.175. The zero-order valence-electron chi connectivity index (χ0n) is 11.1. The Morgan fingerprint density at radius 3 is 2.60 bits per heavy atom. The summed E-state index contributed by atoms with van der Waals surface area (Å²) in [6.45, 7) is 1.91. The summed E-state index contributed by atoms with van der Waals surface area (Å²) in [5, 5.41) is 31.2. The molecule has 0 amide bonds. The van der Waals surface area contributed by atoms with Crippen LogP contribution in [0, 0.1) is 18.3 Å². The maximum Gasteiger partial charge on any atom is 0.142 e. The van der Waals surface area contributed by atoms with Crippen LogP contribution < -0.4 is 5.32 Å². The van der Waals surface area contributed by atoms with E-state index in [0.717, 1.165) is 5.69 Å². The van der Waals surface area contributed by atoms with Gasteiger partial charge in [0, 0.05) is 29.6 Å². The molecule has 0 saturated heterocycles. The van der Waals surface area contributed by atoms with E-state index in [9.17, 15) is 10.2 Å². The number of aromatic hydroxyl groups is 1. The minimum absolute atomic E-state index is 0.0951. The van der Waals surface area contributed by atoms with Crippen LogP contribution in [0.2, 0.25) is 0 Å². The summed E-state index contributed by atoms with van der Waals surface area (Å²) < 4.78 is 0. The molecule has 2 aromatic rings. The van der Waals surface area contributed by atoms with Gasteiger partial charge in [0.1, 0.15) is 5.75 Å². The topological polar surface area (TPSA) is 89.2 Å². The number of nitriles is 1. The first-order valence-electron chi connectivity index (χ1n) is 6.17. The Hall–Kier alpha value is -2.58. The number of pyridine rings is 1. The molecule has 0 spiro atoms. The molecule has 0 aliphatic rings. The summed E-state index contributed by atoms with van der Waals surface area (Å²) in [6, 6.07) is 9.07. The standard InChI is InChI=1S/C15H15N3O2/c1-10-15(20)14(12(9-19)7-17-10)8-18-13-4-2-11(6-16)3-5-13/h2-5,7,18-20H,8-9H2,1H3. The first-order chi connectivity index (χ1) is 9.65. The average molecular weight is 269 g/mol. The zero-order valence-corrected chi connectivity index (χ0v) is 11.1. The molecule has 0 saturated carbocycles. The smallest absolute Gasteiger partial charge is 0.142 e. The molecule has 1 aromatic heterocycles. The van der Waals surface area contributed by atoms with E-state index in [1.165, 1.54) is 0 Å². The van der Waals surface area contributed by atoms with E-state index in [1.807, 2.05) is 0 Å². The third kappa shape index (κ3) is 2.87. The average Bonchev–Trinajstić information content (AvgIpc) is 2.49. The number of hydrogen-bond acceptors (Lipinski definition) is 5. The van der Waals surface area contributed by atoms with Crippen LogP contribution in [0.25, 0.3) is 0 Å². The highest BCUT2D eigenvalue weighted by atomic mass is 16.3. The summed E-state index contributed by atoms with van der Waals surface area (Å²) in [4.78, 5) is 4.01. The van der Waals surface area contributed by atoms with E-state index in [-0.39, 0.29) is 12.4 Å². The van der Waals surface area contributed by atoms with E-state index in [0.29, 0.717) is 28.9 Å². The number of benzene rings is 1. The second-order valence-corrected chi connectivity index (χ2v) is 4.40. The Kier molecular flexibility index (Phi) is 4.18. The molecule has 0 atom stereocenters. The van der Waals surface area contributed by atoms with Crippen LogP contribution in [0.5, 0.6) is 5.75 Å². The number of aliphatic hydroxyl groups excluding tert-OH is 1. The largest absolute Gasteiger partial charge is 0.506 e. The SMILES string of the molecule is Cc1ncc(CO)c(CNc2ccc(C#N)cc2)c1O. The van der Waals surface area contributed by atoms with Crippen LogP contribution in [-0.2, 0) is 13.2 Å². The van der Waals surface area contributed by atoms with Crippen molar-refractivity contribution in [3.63, 3.8) is 0 Å².